The standard InChI is InChI=1S/C10H13BrCl2N2/c1-7(12)3-4-15(2)10-9(11)5-8(13)6-14-10/h5-7H,3-4H2,1-2H3. The Balaban J connectivity index is 2.69. The first-order chi connectivity index (χ1) is 7.00. The second-order valence-corrected chi connectivity index (χ2v) is 5.49. The summed E-state index contributed by atoms with van der Waals surface area (Å²) in [5.74, 6) is 0.886. The van der Waals surface area contributed by atoms with Crippen LogP contribution in [0.15, 0.2) is 16.7 Å². The van der Waals surface area contributed by atoms with Crippen molar-refractivity contribution in [1.29, 1.82) is 0 Å². The van der Waals surface area contributed by atoms with Crippen LogP contribution in [-0.2, 0) is 0 Å². The van der Waals surface area contributed by atoms with E-state index >= 15 is 0 Å². The summed E-state index contributed by atoms with van der Waals surface area (Å²) < 4.78 is 0.903. The fourth-order valence-electron chi connectivity index (χ4n) is 1.17. The normalized spacial score (nSPS) is 12.6. The predicted molar refractivity (Wildman–Crippen MR) is 70.1 cm³/mol. The van der Waals surface area contributed by atoms with Crippen LogP contribution < -0.4 is 4.90 Å². The van der Waals surface area contributed by atoms with Crippen LogP contribution in [0.3, 0.4) is 0 Å². The molecule has 84 valence electrons. The average Bonchev–Trinajstić information content (AvgIpc) is 2.14. The van der Waals surface area contributed by atoms with Crippen LogP contribution in [0.4, 0.5) is 5.82 Å². The molecule has 2 nitrogen and oxygen atoms in total. The molecule has 1 atom stereocenters. The Labute approximate surface area is 109 Å². The quantitative estimate of drug-likeness (QED) is 0.783. The molecule has 0 saturated heterocycles. The first-order valence-electron chi connectivity index (χ1n) is 4.67. The first kappa shape index (κ1) is 13.1. The molecule has 1 unspecified atom stereocenters. The highest BCUT2D eigenvalue weighted by Crippen LogP contribution is 2.25. The van der Waals surface area contributed by atoms with Gasteiger partial charge in [-0.25, -0.2) is 4.98 Å². The van der Waals surface area contributed by atoms with Gasteiger partial charge in [0.1, 0.15) is 5.82 Å². The molecule has 5 heteroatoms. The topological polar surface area (TPSA) is 16.1 Å². The van der Waals surface area contributed by atoms with Crippen LogP contribution in [0.5, 0.6) is 0 Å². The van der Waals surface area contributed by atoms with Crippen molar-refractivity contribution in [3.05, 3.63) is 21.8 Å². The number of anilines is 1. The maximum absolute atomic E-state index is 5.89. The molecule has 0 fully saturated rings. The van der Waals surface area contributed by atoms with Gasteiger partial charge in [-0.2, -0.15) is 0 Å². The number of halogens is 3. The Hall–Kier alpha value is 0.01000. The van der Waals surface area contributed by atoms with Gasteiger partial charge >= 0.3 is 0 Å². The molecule has 0 amide bonds. The highest BCUT2D eigenvalue weighted by molar-refractivity contribution is 9.10. The van der Waals surface area contributed by atoms with Gasteiger partial charge in [-0.1, -0.05) is 11.6 Å². The molecule has 1 heterocycles. The summed E-state index contributed by atoms with van der Waals surface area (Å²) in [6.07, 6.45) is 2.57. The molecule has 0 saturated carbocycles. The van der Waals surface area contributed by atoms with E-state index < -0.39 is 0 Å². The van der Waals surface area contributed by atoms with Crippen molar-refractivity contribution < 1.29 is 0 Å². The lowest BCUT2D eigenvalue weighted by atomic mass is 10.3. The van der Waals surface area contributed by atoms with Crippen molar-refractivity contribution in [2.45, 2.75) is 18.7 Å². The summed E-state index contributed by atoms with van der Waals surface area (Å²) in [7, 11) is 1.99. The fourth-order valence-corrected chi connectivity index (χ4v) is 2.20. The van der Waals surface area contributed by atoms with Gasteiger partial charge in [-0.05, 0) is 35.3 Å². The summed E-state index contributed by atoms with van der Waals surface area (Å²) in [5, 5.41) is 0.809. The number of nitrogens with zero attached hydrogens (tertiary/aromatic N) is 2. The van der Waals surface area contributed by atoms with Crippen molar-refractivity contribution in [2.75, 3.05) is 18.5 Å². The Kier molecular flexibility index (Phi) is 5.16. The van der Waals surface area contributed by atoms with Gasteiger partial charge < -0.3 is 4.90 Å². The van der Waals surface area contributed by atoms with Crippen LogP contribution in [0.25, 0.3) is 0 Å². The van der Waals surface area contributed by atoms with Gasteiger partial charge in [0.2, 0.25) is 0 Å². The Morgan fingerprint density at radius 3 is 2.80 bits per heavy atom. The number of aromatic nitrogens is 1. The highest BCUT2D eigenvalue weighted by atomic mass is 79.9. The van der Waals surface area contributed by atoms with Gasteiger partial charge in [-0.3, -0.25) is 0 Å². The molecule has 0 aliphatic heterocycles. The zero-order chi connectivity index (χ0) is 11.4. The number of pyridine rings is 1. The number of hydrogen-bond donors (Lipinski definition) is 0. The summed E-state index contributed by atoms with van der Waals surface area (Å²) in [5.41, 5.74) is 0. The summed E-state index contributed by atoms with van der Waals surface area (Å²) in [6.45, 7) is 2.86. The molecule has 0 radical (unpaired) electrons. The largest absolute Gasteiger partial charge is 0.359 e. The second-order valence-electron chi connectivity index (χ2n) is 3.45. The molecule has 1 rings (SSSR count). The minimum Gasteiger partial charge on any atom is -0.359 e. The third kappa shape index (κ3) is 4.17. The second kappa shape index (κ2) is 5.92. The Morgan fingerprint density at radius 1 is 1.60 bits per heavy atom. The van der Waals surface area contributed by atoms with Gasteiger partial charge in [0, 0.05) is 25.2 Å². The van der Waals surface area contributed by atoms with Crippen molar-refractivity contribution in [1.82, 2.24) is 4.98 Å². The molecule has 1 aromatic heterocycles. The Bertz CT molecular complexity index is 331. The maximum Gasteiger partial charge on any atom is 0.142 e. The smallest absolute Gasteiger partial charge is 0.142 e. The molecule has 0 spiro atoms. The maximum atomic E-state index is 5.89. The molecule has 1 aromatic rings. The minimum atomic E-state index is 0.179. The lowest BCUT2D eigenvalue weighted by Crippen LogP contribution is -2.21. The Morgan fingerprint density at radius 2 is 2.27 bits per heavy atom. The van der Waals surface area contributed by atoms with E-state index in [1.165, 1.54) is 0 Å². The van der Waals surface area contributed by atoms with E-state index in [4.69, 9.17) is 23.2 Å². The monoisotopic (exact) mass is 310 g/mol. The summed E-state index contributed by atoms with van der Waals surface area (Å²) in [4.78, 5) is 6.31. The average molecular weight is 312 g/mol. The fraction of sp³-hybridized carbons (Fsp3) is 0.500. The lowest BCUT2D eigenvalue weighted by molar-refractivity contribution is 0.764. The third-order valence-corrected chi connectivity index (χ3v) is 3.02. The molecular formula is C10H13BrCl2N2. The van der Waals surface area contributed by atoms with Gasteiger partial charge in [-0.15, -0.1) is 11.6 Å². The molecular weight excluding hydrogens is 299 g/mol. The van der Waals surface area contributed by atoms with E-state index in [9.17, 15) is 0 Å². The highest BCUT2D eigenvalue weighted by Gasteiger charge is 2.08. The number of hydrogen-bond acceptors (Lipinski definition) is 2. The lowest BCUT2D eigenvalue weighted by Gasteiger charge is -2.19. The summed E-state index contributed by atoms with van der Waals surface area (Å²) in [6, 6.07) is 1.84. The van der Waals surface area contributed by atoms with Crippen LogP contribution in [-0.4, -0.2) is 24.0 Å². The van der Waals surface area contributed by atoms with Crippen molar-refractivity contribution in [3.63, 3.8) is 0 Å². The van der Waals surface area contributed by atoms with E-state index in [1.807, 2.05) is 20.0 Å². The van der Waals surface area contributed by atoms with E-state index in [2.05, 4.69) is 25.8 Å². The van der Waals surface area contributed by atoms with Crippen LogP contribution in [0.1, 0.15) is 13.3 Å². The van der Waals surface area contributed by atoms with Crippen LogP contribution in [0.2, 0.25) is 5.02 Å². The van der Waals surface area contributed by atoms with Crippen LogP contribution >= 0.6 is 39.1 Å². The van der Waals surface area contributed by atoms with Gasteiger partial charge in [0.25, 0.3) is 0 Å². The van der Waals surface area contributed by atoms with E-state index in [-0.39, 0.29) is 5.38 Å². The van der Waals surface area contributed by atoms with Crippen molar-refractivity contribution in [3.8, 4) is 0 Å². The number of alkyl halides is 1. The minimum absolute atomic E-state index is 0.179. The zero-order valence-electron chi connectivity index (χ0n) is 8.67. The first-order valence-corrected chi connectivity index (χ1v) is 6.27. The molecule has 0 N–H and O–H groups in total. The molecule has 0 aromatic carbocycles. The molecule has 0 aliphatic carbocycles. The SMILES string of the molecule is CC(Cl)CCN(C)c1ncc(Cl)cc1Br. The predicted octanol–water partition coefficient (Wildman–Crippen LogP) is 3.95. The van der Waals surface area contributed by atoms with E-state index in [1.54, 1.807) is 6.20 Å². The van der Waals surface area contributed by atoms with Crippen molar-refractivity contribution >= 4 is 44.9 Å². The van der Waals surface area contributed by atoms with E-state index in [0.717, 1.165) is 23.3 Å². The van der Waals surface area contributed by atoms with Crippen molar-refractivity contribution in [2.24, 2.45) is 0 Å². The van der Waals surface area contributed by atoms with Crippen LogP contribution in [0, 0.1) is 0 Å². The molecule has 0 bridgehead atoms. The van der Waals surface area contributed by atoms with E-state index in [0.29, 0.717) is 5.02 Å². The summed E-state index contributed by atoms with van der Waals surface area (Å²) >= 11 is 15.1. The zero-order valence-corrected chi connectivity index (χ0v) is 11.8. The molecule has 0 aliphatic rings. The molecule has 15 heavy (non-hydrogen) atoms. The third-order valence-electron chi connectivity index (χ3n) is 2.01. The van der Waals surface area contributed by atoms with Gasteiger partial charge in [0.05, 0.1) is 9.50 Å². The number of rotatable bonds is 4. The van der Waals surface area contributed by atoms with Gasteiger partial charge in [0.15, 0.2) is 0 Å².